The first-order valence-corrected chi connectivity index (χ1v) is 3.76. The summed E-state index contributed by atoms with van der Waals surface area (Å²) < 4.78 is 12.5. The van der Waals surface area contributed by atoms with Gasteiger partial charge in [0.05, 0.1) is 12.5 Å². The number of rotatable bonds is 2. The molecule has 0 spiro atoms. The third kappa shape index (κ3) is 2.60. The number of hydrogen-bond donors (Lipinski definition) is 1. The molecule has 2 nitrogen and oxygen atoms in total. The number of nitriles is 1. The largest absolute Gasteiger partial charge is 0.507 e. The van der Waals surface area contributed by atoms with Crippen LogP contribution in [0.15, 0.2) is 24.3 Å². The fourth-order valence-electron chi connectivity index (χ4n) is 0.896. The summed E-state index contributed by atoms with van der Waals surface area (Å²) in [4.78, 5) is 0. The van der Waals surface area contributed by atoms with Crippen LogP contribution in [0.1, 0.15) is 12.0 Å². The van der Waals surface area contributed by atoms with E-state index in [4.69, 9.17) is 5.26 Å². The summed E-state index contributed by atoms with van der Waals surface area (Å²) in [6.45, 7) is 0. The molecule has 0 aromatic heterocycles. The van der Waals surface area contributed by atoms with E-state index in [1.54, 1.807) is 12.2 Å². The number of hydrogen-bond acceptors (Lipinski definition) is 2. The number of benzene rings is 1. The van der Waals surface area contributed by atoms with Gasteiger partial charge in [-0.25, -0.2) is 4.39 Å². The van der Waals surface area contributed by atoms with Gasteiger partial charge in [-0.05, 0) is 12.1 Å². The fraction of sp³-hybridized carbons (Fsp3) is 0.100. The summed E-state index contributed by atoms with van der Waals surface area (Å²) in [6, 6.07) is 5.67. The highest BCUT2D eigenvalue weighted by atomic mass is 19.1. The lowest BCUT2D eigenvalue weighted by Crippen LogP contribution is -1.77. The molecule has 0 bridgehead atoms. The third-order valence-electron chi connectivity index (χ3n) is 1.50. The quantitative estimate of drug-likeness (QED) is 0.754. The van der Waals surface area contributed by atoms with Gasteiger partial charge in [-0.1, -0.05) is 12.2 Å². The molecule has 1 rings (SSSR count). The molecule has 1 aromatic rings. The van der Waals surface area contributed by atoms with Gasteiger partial charge in [-0.15, -0.1) is 0 Å². The molecule has 0 heterocycles. The van der Waals surface area contributed by atoms with E-state index in [1.807, 2.05) is 6.07 Å². The topological polar surface area (TPSA) is 44.0 Å². The smallest absolute Gasteiger partial charge is 0.126 e. The van der Waals surface area contributed by atoms with Gasteiger partial charge >= 0.3 is 0 Å². The van der Waals surface area contributed by atoms with E-state index in [2.05, 4.69) is 0 Å². The molecule has 0 aliphatic heterocycles. The van der Waals surface area contributed by atoms with Crippen LogP contribution < -0.4 is 0 Å². The van der Waals surface area contributed by atoms with Crippen molar-refractivity contribution in [1.82, 2.24) is 0 Å². The lowest BCUT2D eigenvalue weighted by atomic mass is 10.2. The van der Waals surface area contributed by atoms with Crippen molar-refractivity contribution in [2.45, 2.75) is 6.42 Å². The molecule has 66 valence electrons. The van der Waals surface area contributed by atoms with Gasteiger partial charge in [0.15, 0.2) is 0 Å². The minimum atomic E-state index is -0.477. The standard InChI is InChI=1S/C10H8FNO/c11-9-5-4-8(10(13)7-9)3-1-2-6-12/h1,3-5,7,13H,2H2. The highest BCUT2D eigenvalue weighted by Gasteiger charge is 1.97. The first kappa shape index (κ1) is 9.27. The second kappa shape index (κ2) is 4.27. The number of allylic oxidation sites excluding steroid dienone is 1. The number of aromatic hydroxyl groups is 1. The maximum atomic E-state index is 12.5. The second-order valence-electron chi connectivity index (χ2n) is 2.47. The zero-order valence-electron chi connectivity index (χ0n) is 6.87. The SMILES string of the molecule is N#CCC=Cc1ccc(F)cc1O. The van der Waals surface area contributed by atoms with Gasteiger partial charge in [-0.2, -0.15) is 5.26 Å². The molecule has 0 fully saturated rings. The Morgan fingerprint density at radius 2 is 2.31 bits per heavy atom. The Kier molecular flexibility index (Phi) is 3.04. The van der Waals surface area contributed by atoms with Crippen molar-refractivity contribution in [2.24, 2.45) is 0 Å². The summed E-state index contributed by atoms with van der Waals surface area (Å²) in [6.07, 6.45) is 3.46. The van der Waals surface area contributed by atoms with E-state index < -0.39 is 5.82 Å². The molecule has 0 atom stereocenters. The molecule has 0 amide bonds. The monoisotopic (exact) mass is 177 g/mol. The van der Waals surface area contributed by atoms with Gasteiger partial charge in [-0.3, -0.25) is 0 Å². The highest BCUT2D eigenvalue weighted by molar-refractivity contribution is 5.56. The van der Waals surface area contributed by atoms with Crippen molar-refractivity contribution >= 4 is 6.08 Å². The maximum Gasteiger partial charge on any atom is 0.126 e. The molecule has 0 aliphatic rings. The molecule has 3 heteroatoms. The molecular formula is C10H8FNO. The van der Waals surface area contributed by atoms with Crippen LogP contribution in [-0.4, -0.2) is 5.11 Å². The van der Waals surface area contributed by atoms with Gasteiger partial charge < -0.3 is 5.11 Å². The van der Waals surface area contributed by atoms with Gasteiger partial charge in [0.25, 0.3) is 0 Å². The zero-order valence-corrected chi connectivity index (χ0v) is 6.87. The Morgan fingerprint density at radius 1 is 1.54 bits per heavy atom. The van der Waals surface area contributed by atoms with Crippen LogP contribution in [0.25, 0.3) is 6.08 Å². The second-order valence-corrected chi connectivity index (χ2v) is 2.47. The van der Waals surface area contributed by atoms with Crippen molar-refractivity contribution in [3.8, 4) is 11.8 Å². The van der Waals surface area contributed by atoms with Crippen molar-refractivity contribution in [3.05, 3.63) is 35.7 Å². The maximum absolute atomic E-state index is 12.5. The van der Waals surface area contributed by atoms with Crippen molar-refractivity contribution in [1.29, 1.82) is 5.26 Å². The predicted octanol–water partition coefficient (Wildman–Crippen LogP) is 2.46. The van der Waals surface area contributed by atoms with Crippen LogP contribution in [0.3, 0.4) is 0 Å². The molecule has 1 aromatic carbocycles. The number of nitrogens with zero attached hydrogens (tertiary/aromatic N) is 1. The molecule has 0 saturated heterocycles. The van der Waals surface area contributed by atoms with Crippen molar-refractivity contribution < 1.29 is 9.50 Å². The number of phenolic OH excluding ortho intramolecular Hbond substituents is 1. The lowest BCUT2D eigenvalue weighted by molar-refractivity contribution is 0.468. The van der Waals surface area contributed by atoms with E-state index in [9.17, 15) is 9.50 Å². The van der Waals surface area contributed by atoms with Crippen LogP contribution in [-0.2, 0) is 0 Å². The molecule has 0 radical (unpaired) electrons. The molecular weight excluding hydrogens is 169 g/mol. The Hall–Kier alpha value is -1.82. The van der Waals surface area contributed by atoms with Crippen molar-refractivity contribution in [2.75, 3.05) is 0 Å². The van der Waals surface area contributed by atoms with E-state index in [1.165, 1.54) is 12.1 Å². The Labute approximate surface area is 75.6 Å². The van der Waals surface area contributed by atoms with Crippen LogP contribution >= 0.6 is 0 Å². The van der Waals surface area contributed by atoms with Crippen LogP contribution in [0.5, 0.6) is 5.75 Å². The van der Waals surface area contributed by atoms with Gasteiger partial charge in [0.1, 0.15) is 11.6 Å². The summed E-state index contributed by atoms with van der Waals surface area (Å²) in [7, 11) is 0. The normalized spacial score (nSPS) is 10.2. The summed E-state index contributed by atoms with van der Waals surface area (Å²) in [5.74, 6) is -0.593. The number of phenols is 1. The minimum Gasteiger partial charge on any atom is -0.507 e. The summed E-state index contributed by atoms with van der Waals surface area (Å²) in [5.41, 5.74) is 0.511. The van der Waals surface area contributed by atoms with Crippen LogP contribution in [0.4, 0.5) is 4.39 Å². The Bertz CT molecular complexity index is 366. The van der Waals surface area contributed by atoms with Gasteiger partial charge in [0, 0.05) is 11.6 Å². The van der Waals surface area contributed by atoms with E-state index in [0.29, 0.717) is 5.56 Å². The Morgan fingerprint density at radius 3 is 2.92 bits per heavy atom. The van der Waals surface area contributed by atoms with E-state index in [0.717, 1.165) is 6.07 Å². The molecule has 0 aliphatic carbocycles. The number of halogens is 1. The first-order chi connectivity index (χ1) is 6.24. The van der Waals surface area contributed by atoms with Crippen LogP contribution in [0.2, 0.25) is 0 Å². The highest BCUT2D eigenvalue weighted by Crippen LogP contribution is 2.19. The van der Waals surface area contributed by atoms with E-state index >= 15 is 0 Å². The summed E-state index contributed by atoms with van der Waals surface area (Å²) >= 11 is 0. The minimum absolute atomic E-state index is 0.116. The average Bonchev–Trinajstić information content (AvgIpc) is 2.09. The first-order valence-electron chi connectivity index (χ1n) is 3.76. The molecule has 0 saturated carbocycles. The third-order valence-corrected chi connectivity index (χ3v) is 1.50. The predicted molar refractivity (Wildman–Crippen MR) is 47.3 cm³/mol. The lowest BCUT2D eigenvalue weighted by Gasteiger charge is -1.97. The summed E-state index contributed by atoms with van der Waals surface area (Å²) in [5, 5.41) is 17.5. The average molecular weight is 177 g/mol. The van der Waals surface area contributed by atoms with Gasteiger partial charge in [0.2, 0.25) is 0 Å². The van der Waals surface area contributed by atoms with Crippen LogP contribution in [0, 0.1) is 17.1 Å². The van der Waals surface area contributed by atoms with E-state index in [-0.39, 0.29) is 12.2 Å². The zero-order chi connectivity index (χ0) is 9.68. The molecule has 1 N–H and O–H groups in total. The molecule has 0 unspecified atom stereocenters. The van der Waals surface area contributed by atoms with Crippen molar-refractivity contribution in [3.63, 3.8) is 0 Å². The Balaban J connectivity index is 2.85. The fourth-order valence-corrected chi connectivity index (χ4v) is 0.896. The molecule has 13 heavy (non-hydrogen) atoms.